The van der Waals surface area contributed by atoms with Crippen LogP contribution in [0.25, 0.3) is 0 Å². The molecule has 0 saturated carbocycles. The van der Waals surface area contributed by atoms with Crippen LogP contribution in [0.3, 0.4) is 0 Å². The highest BCUT2D eigenvalue weighted by atomic mass is 16.5. The molecule has 1 saturated heterocycles. The second-order valence-corrected chi connectivity index (χ2v) is 4.77. The molecular formula is C15H21NO2. The van der Waals surface area contributed by atoms with Crippen LogP contribution in [-0.2, 0) is 11.3 Å². The molecule has 0 atom stereocenters. The van der Waals surface area contributed by atoms with Crippen LogP contribution in [0.4, 0.5) is 0 Å². The number of rotatable bonds is 4. The molecule has 0 aliphatic carbocycles. The van der Waals surface area contributed by atoms with E-state index in [0.29, 0.717) is 6.42 Å². The second-order valence-electron chi connectivity index (χ2n) is 4.77. The Morgan fingerprint density at radius 1 is 1.22 bits per heavy atom. The van der Waals surface area contributed by atoms with Crippen LogP contribution in [0.1, 0.15) is 38.2 Å². The molecular weight excluding hydrogens is 226 g/mol. The summed E-state index contributed by atoms with van der Waals surface area (Å²) >= 11 is 0. The van der Waals surface area contributed by atoms with Crippen LogP contribution in [0, 0.1) is 0 Å². The van der Waals surface area contributed by atoms with Gasteiger partial charge in [0.25, 0.3) is 0 Å². The van der Waals surface area contributed by atoms with E-state index in [9.17, 15) is 4.79 Å². The average molecular weight is 247 g/mol. The number of hydrogen-bond donors (Lipinski definition) is 0. The van der Waals surface area contributed by atoms with Gasteiger partial charge in [0.05, 0.1) is 0 Å². The number of ether oxygens (including phenoxy) is 1. The number of nitrogens with zero attached hydrogens (tertiary/aromatic N) is 1. The maximum absolute atomic E-state index is 11.4. The number of carbonyl (C=O) groups is 1. The summed E-state index contributed by atoms with van der Waals surface area (Å²) in [5.74, 6) is 0.552. The van der Waals surface area contributed by atoms with Crippen molar-refractivity contribution in [3.63, 3.8) is 0 Å². The molecule has 1 heterocycles. The van der Waals surface area contributed by atoms with Crippen molar-refractivity contribution in [1.82, 2.24) is 4.90 Å². The molecule has 18 heavy (non-hydrogen) atoms. The number of esters is 1. The van der Waals surface area contributed by atoms with Gasteiger partial charge in [-0.3, -0.25) is 9.69 Å². The summed E-state index contributed by atoms with van der Waals surface area (Å²) in [5, 5.41) is 0. The van der Waals surface area contributed by atoms with Gasteiger partial charge in [-0.2, -0.15) is 0 Å². The van der Waals surface area contributed by atoms with E-state index in [2.05, 4.69) is 4.90 Å². The Bertz CT molecular complexity index is 397. The Kier molecular flexibility index (Phi) is 4.76. The molecule has 98 valence electrons. The zero-order valence-electron chi connectivity index (χ0n) is 11.0. The van der Waals surface area contributed by atoms with Crippen LogP contribution in [0.2, 0.25) is 0 Å². The summed E-state index contributed by atoms with van der Waals surface area (Å²) in [5.41, 5.74) is 1.11. The van der Waals surface area contributed by atoms with Crippen molar-refractivity contribution in [1.29, 1.82) is 0 Å². The molecule has 0 aromatic heterocycles. The molecule has 1 aromatic carbocycles. The molecule has 3 nitrogen and oxygen atoms in total. The fourth-order valence-corrected chi connectivity index (χ4v) is 2.29. The largest absolute Gasteiger partial charge is 0.426 e. The predicted molar refractivity (Wildman–Crippen MR) is 71.5 cm³/mol. The number of likely N-dealkylation sites (tertiary alicyclic amines) is 1. The van der Waals surface area contributed by atoms with Crippen molar-refractivity contribution in [2.75, 3.05) is 13.1 Å². The average Bonchev–Trinajstić information content (AvgIpc) is 2.42. The van der Waals surface area contributed by atoms with E-state index >= 15 is 0 Å². The third-order valence-electron chi connectivity index (χ3n) is 3.33. The van der Waals surface area contributed by atoms with Crippen LogP contribution in [0.15, 0.2) is 24.3 Å². The topological polar surface area (TPSA) is 29.5 Å². The number of hydrogen-bond acceptors (Lipinski definition) is 3. The number of carbonyl (C=O) groups excluding carboxylic acids is 1. The summed E-state index contributed by atoms with van der Waals surface area (Å²) in [4.78, 5) is 13.8. The molecule has 0 spiro atoms. The molecule has 1 aliphatic heterocycles. The molecule has 0 unspecified atom stereocenters. The molecule has 0 bridgehead atoms. The first kappa shape index (κ1) is 13.1. The van der Waals surface area contributed by atoms with E-state index in [4.69, 9.17) is 4.74 Å². The number of para-hydroxylation sites is 1. The second kappa shape index (κ2) is 6.55. The summed E-state index contributed by atoms with van der Waals surface area (Å²) in [6.07, 6.45) is 4.30. The van der Waals surface area contributed by atoms with E-state index in [1.807, 2.05) is 31.2 Å². The Balaban J connectivity index is 2.04. The zero-order chi connectivity index (χ0) is 12.8. The highest BCUT2D eigenvalue weighted by Gasteiger charge is 2.13. The molecule has 0 N–H and O–H groups in total. The van der Waals surface area contributed by atoms with Crippen molar-refractivity contribution in [3.8, 4) is 5.75 Å². The Hall–Kier alpha value is -1.35. The first-order chi connectivity index (χ1) is 8.79. The first-order valence-electron chi connectivity index (χ1n) is 6.80. The Morgan fingerprint density at radius 2 is 1.94 bits per heavy atom. The first-order valence-corrected chi connectivity index (χ1v) is 6.80. The van der Waals surface area contributed by atoms with Gasteiger partial charge in [0.2, 0.25) is 0 Å². The normalized spacial score (nSPS) is 16.5. The SMILES string of the molecule is CCC(=O)Oc1ccccc1CN1CCCCC1. The maximum Gasteiger partial charge on any atom is 0.310 e. The minimum atomic E-state index is -0.166. The quantitative estimate of drug-likeness (QED) is 0.605. The molecule has 1 aliphatic rings. The van der Waals surface area contributed by atoms with Gasteiger partial charge in [0, 0.05) is 18.5 Å². The van der Waals surface area contributed by atoms with Crippen LogP contribution >= 0.6 is 0 Å². The zero-order valence-corrected chi connectivity index (χ0v) is 11.0. The van der Waals surface area contributed by atoms with Gasteiger partial charge < -0.3 is 4.74 Å². The van der Waals surface area contributed by atoms with Gasteiger partial charge >= 0.3 is 5.97 Å². The Labute approximate surface area is 109 Å². The molecule has 1 fully saturated rings. The smallest absolute Gasteiger partial charge is 0.310 e. The minimum absolute atomic E-state index is 0.166. The van der Waals surface area contributed by atoms with Crippen LogP contribution in [0.5, 0.6) is 5.75 Å². The van der Waals surface area contributed by atoms with Gasteiger partial charge in [-0.1, -0.05) is 31.5 Å². The van der Waals surface area contributed by atoms with Gasteiger partial charge in [-0.25, -0.2) is 0 Å². The summed E-state index contributed by atoms with van der Waals surface area (Å²) in [7, 11) is 0. The van der Waals surface area contributed by atoms with E-state index in [-0.39, 0.29) is 5.97 Å². The van der Waals surface area contributed by atoms with Crippen molar-refractivity contribution in [2.24, 2.45) is 0 Å². The fraction of sp³-hybridized carbons (Fsp3) is 0.533. The fourth-order valence-electron chi connectivity index (χ4n) is 2.29. The molecule has 0 amide bonds. The number of benzene rings is 1. The van der Waals surface area contributed by atoms with Crippen LogP contribution < -0.4 is 4.74 Å². The lowest BCUT2D eigenvalue weighted by Crippen LogP contribution is -2.29. The summed E-state index contributed by atoms with van der Waals surface area (Å²) in [6, 6.07) is 7.85. The van der Waals surface area contributed by atoms with Crippen molar-refractivity contribution in [3.05, 3.63) is 29.8 Å². The highest BCUT2D eigenvalue weighted by molar-refractivity contribution is 5.72. The minimum Gasteiger partial charge on any atom is -0.426 e. The standard InChI is InChI=1S/C15H21NO2/c1-2-15(17)18-14-9-5-4-8-13(14)12-16-10-6-3-7-11-16/h4-5,8-9H,2-3,6-7,10-12H2,1H3. The van der Waals surface area contributed by atoms with E-state index < -0.39 is 0 Å². The maximum atomic E-state index is 11.4. The molecule has 2 rings (SSSR count). The van der Waals surface area contributed by atoms with Crippen molar-refractivity contribution >= 4 is 5.97 Å². The van der Waals surface area contributed by atoms with Crippen LogP contribution in [-0.4, -0.2) is 24.0 Å². The third kappa shape index (κ3) is 3.57. The third-order valence-corrected chi connectivity index (χ3v) is 3.33. The van der Waals surface area contributed by atoms with Crippen molar-refractivity contribution in [2.45, 2.75) is 39.2 Å². The van der Waals surface area contributed by atoms with E-state index in [0.717, 1.165) is 30.9 Å². The lowest BCUT2D eigenvalue weighted by Gasteiger charge is -2.27. The highest BCUT2D eigenvalue weighted by Crippen LogP contribution is 2.22. The van der Waals surface area contributed by atoms with Crippen molar-refractivity contribution < 1.29 is 9.53 Å². The summed E-state index contributed by atoms with van der Waals surface area (Å²) < 4.78 is 5.37. The number of piperidine rings is 1. The van der Waals surface area contributed by atoms with E-state index in [1.54, 1.807) is 0 Å². The summed E-state index contributed by atoms with van der Waals surface area (Å²) in [6.45, 7) is 4.99. The lowest BCUT2D eigenvalue weighted by molar-refractivity contribution is -0.134. The molecule has 0 radical (unpaired) electrons. The molecule has 1 aromatic rings. The van der Waals surface area contributed by atoms with Gasteiger partial charge in [0.1, 0.15) is 5.75 Å². The monoisotopic (exact) mass is 247 g/mol. The van der Waals surface area contributed by atoms with E-state index in [1.165, 1.54) is 19.3 Å². The van der Waals surface area contributed by atoms with Gasteiger partial charge in [-0.05, 0) is 32.0 Å². The molecule has 3 heteroatoms. The van der Waals surface area contributed by atoms with Gasteiger partial charge in [-0.15, -0.1) is 0 Å². The lowest BCUT2D eigenvalue weighted by atomic mass is 10.1. The Morgan fingerprint density at radius 3 is 2.67 bits per heavy atom. The van der Waals surface area contributed by atoms with Gasteiger partial charge in [0.15, 0.2) is 0 Å². The predicted octanol–water partition coefficient (Wildman–Crippen LogP) is 2.99.